The Hall–Kier alpha value is -2.92. The second-order valence-electron chi connectivity index (χ2n) is 5.91. The van der Waals surface area contributed by atoms with Crippen molar-refractivity contribution in [2.24, 2.45) is 0 Å². The number of carbonyl (C=O) groups is 1. The van der Waals surface area contributed by atoms with E-state index in [2.05, 4.69) is 4.98 Å². The molecule has 1 unspecified atom stereocenters. The van der Waals surface area contributed by atoms with Gasteiger partial charge in [-0.3, -0.25) is 4.98 Å². The molecular weight excluding hydrogens is 330 g/mol. The van der Waals surface area contributed by atoms with Crippen molar-refractivity contribution in [3.8, 4) is 5.75 Å². The van der Waals surface area contributed by atoms with Crippen LogP contribution in [0, 0.1) is 0 Å². The number of carboxylic acids is 1. The summed E-state index contributed by atoms with van der Waals surface area (Å²) >= 11 is 0. The van der Waals surface area contributed by atoms with Crippen LogP contribution in [0.4, 0.5) is 0 Å². The van der Waals surface area contributed by atoms with E-state index in [-0.39, 0.29) is 6.42 Å². The first-order valence-corrected chi connectivity index (χ1v) is 8.56. The molecule has 0 fully saturated rings. The summed E-state index contributed by atoms with van der Waals surface area (Å²) in [6.07, 6.45) is 1.15. The number of aliphatic carboxylic acids is 1. The molecule has 0 saturated carbocycles. The number of carboxylic acid groups (broad SMARTS) is 1. The highest BCUT2D eigenvalue weighted by Crippen LogP contribution is 2.22. The molecule has 0 aliphatic rings. The van der Waals surface area contributed by atoms with Crippen molar-refractivity contribution in [3.63, 3.8) is 0 Å². The first-order valence-electron chi connectivity index (χ1n) is 8.56. The standard InChI is InChI=1S/C21H21NO4/c1-2-25-20(21(23)24)13-17-6-3-4-8-19(17)26-14-15-9-10-16-7-5-11-22-18(16)12-15/h3-12,20H,2,13-14H2,1H3,(H,23,24). The second kappa shape index (κ2) is 8.45. The molecule has 0 radical (unpaired) electrons. The Morgan fingerprint density at radius 1 is 1.15 bits per heavy atom. The number of rotatable bonds is 8. The average Bonchev–Trinajstić information content (AvgIpc) is 2.66. The van der Waals surface area contributed by atoms with E-state index in [1.165, 1.54) is 0 Å². The SMILES string of the molecule is CCOC(Cc1ccccc1OCc1ccc2cccnc2c1)C(=O)O. The van der Waals surface area contributed by atoms with Gasteiger partial charge in [-0.25, -0.2) is 4.79 Å². The van der Waals surface area contributed by atoms with Crippen molar-refractivity contribution < 1.29 is 19.4 Å². The van der Waals surface area contributed by atoms with Crippen molar-refractivity contribution in [1.29, 1.82) is 0 Å². The van der Waals surface area contributed by atoms with Crippen molar-refractivity contribution in [2.45, 2.75) is 26.1 Å². The highest BCUT2D eigenvalue weighted by atomic mass is 16.5. The summed E-state index contributed by atoms with van der Waals surface area (Å²) in [4.78, 5) is 15.7. The number of fused-ring (bicyclic) bond motifs is 1. The Morgan fingerprint density at radius 3 is 2.81 bits per heavy atom. The molecule has 1 atom stereocenters. The minimum Gasteiger partial charge on any atom is -0.489 e. The van der Waals surface area contributed by atoms with Gasteiger partial charge in [0.2, 0.25) is 0 Å². The summed E-state index contributed by atoms with van der Waals surface area (Å²) in [7, 11) is 0. The molecule has 0 amide bonds. The van der Waals surface area contributed by atoms with Crippen molar-refractivity contribution in [1.82, 2.24) is 4.98 Å². The summed E-state index contributed by atoms with van der Waals surface area (Å²) in [5, 5.41) is 10.4. The Labute approximate surface area is 152 Å². The van der Waals surface area contributed by atoms with Gasteiger partial charge in [0.25, 0.3) is 0 Å². The van der Waals surface area contributed by atoms with E-state index >= 15 is 0 Å². The van der Waals surface area contributed by atoms with Gasteiger partial charge in [-0.15, -0.1) is 0 Å². The van der Waals surface area contributed by atoms with Crippen LogP contribution in [-0.2, 0) is 22.6 Å². The molecule has 5 nitrogen and oxygen atoms in total. The maximum Gasteiger partial charge on any atom is 0.333 e. The number of para-hydroxylation sites is 1. The number of pyridine rings is 1. The van der Waals surface area contributed by atoms with E-state index in [1.807, 2.05) is 54.6 Å². The topological polar surface area (TPSA) is 68.7 Å². The summed E-state index contributed by atoms with van der Waals surface area (Å²) in [6, 6.07) is 17.4. The molecule has 0 aliphatic heterocycles. The molecule has 3 rings (SSSR count). The normalized spacial score (nSPS) is 12.0. The fraction of sp³-hybridized carbons (Fsp3) is 0.238. The zero-order valence-corrected chi connectivity index (χ0v) is 14.6. The lowest BCUT2D eigenvalue weighted by molar-refractivity contribution is -0.149. The molecule has 0 bridgehead atoms. The monoisotopic (exact) mass is 351 g/mol. The number of aromatic nitrogens is 1. The van der Waals surface area contributed by atoms with E-state index in [0.29, 0.717) is 19.0 Å². The third kappa shape index (κ3) is 4.37. The molecule has 5 heteroatoms. The lowest BCUT2D eigenvalue weighted by Crippen LogP contribution is -2.26. The van der Waals surface area contributed by atoms with Crippen molar-refractivity contribution >= 4 is 16.9 Å². The first kappa shape index (κ1) is 17.9. The molecule has 1 aromatic heterocycles. The van der Waals surface area contributed by atoms with Crippen LogP contribution in [0.1, 0.15) is 18.1 Å². The van der Waals surface area contributed by atoms with E-state index in [4.69, 9.17) is 9.47 Å². The van der Waals surface area contributed by atoms with Crippen LogP contribution >= 0.6 is 0 Å². The molecule has 2 aromatic carbocycles. The van der Waals surface area contributed by atoms with E-state index in [9.17, 15) is 9.90 Å². The fourth-order valence-electron chi connectivity index (χ4n) is 2.79. The van der Waals surface area contributed by atoms with Crippen LogP contribution in [0.3, 0.4) is 0 Å². The van der Waals surface area contributed by atoms with Gasteiger partial charge in [-0.05, 0) is 36.2 Å². The van der Waals surface area contributed by atoms with Crippen LogP contribution < -0.4 is 4.74 Å². The van der Waals surface area contributed by atoms with Gasteiger partial charge in [0.15, 0.2) is 6.10 Å². The van der Waals surface area contributed by atoms with Crippen LogP contribution in [-0.4, -0.2) is 28.8 Å². The van der Waals surface area contributed by atoms with Gasteiger partial charge >= 0.3 is 5.97 Å². The Morgan fingerprint density at radius 2 is 2.00 bits per heavy atom. The van der Waals surface area contributed by atoms with Gasteiger partial charge in [0.05, 0.1) is 5.52 Å². The van der Waals surface area contributed by atoms with Gasteiger partial charge in [-0.2, -0.15) is 0 Å². The van der Waals surface area contributed by atoms with E-state index in [0.717, 1.165) is 22.0 Å². The minimum atomic E-state index is -0.970. The summed E-state index contributed by atoms with van der Waals surface area (Å²) in [5.41, 5.74) is 2.74. The Bertz CT molecular complexity index is 894. The third-order valence-electron chi connectivity index (χ3n) is 4.09. The first-order chi connectivity index (χ1) is 12.7. The van der Waals surface area contributed by atoms with Gasteiger partial charge < -0.3 is 14.6 Å². The predicted octanol–water partition coefficient (Wildman–Crippen LogP) is 3.85. The largest absolute Gasteiger partial charge is 0.489 e. The molecule has 1 heterocycles. The van der Waals surface area contributed by atoms with Gasteiger partial charge in [-0.1, -0.05) is 36.4 Å². The number of hydrogen-bond donors (Lipinski definition) is 1. The molecule has 0 spiro atoms. The van der Waals surface area contributed by atoms with Gasteiger partial charge in [0.1, 0.15) is 12.4 Å². The van der Waals surface area contributed by atoms with Crippen LogP contribution in [0.2, 0.25) is 0 Å². The third-order valence-corrected chi connectivity index (χ3v) is 4.09. The maximum absolute atomic E-state index is 11.3. The number of hydrogen-bond acceptors (Lipinski definition) is 4. The lowest BCUT2D eigenvalue weighted by atomic mass is 10.1. The minimum absolute atomic E-state index is 0.263. The van der Waals surface area contributed by atoms with Crippen LogP contribution in [0.5, 0.6) is 5.75 Å². The van der Waals surface area contributed by atoms with Crippen LogP contribution in [0.15, 0.2) is 60.8 Å². The molecular formula is C21H21NO4. The fourth-order valence-corrected chi connectivity index (χ4v) is 2.79. The van der Waals surface area contributed by atoms with Crippen molar-refractivity contribution in [2.75, 3.05) is 6.61 Å². The Kier molecular flexibility index (Phi) is 5.81. The average molecular weight is 351 g/mol. The highest BCUT2D eigenvalue weighted by Gasteiger charge is 2.20. The number of ether oxygens (including phenoxy) is 2. The smallest absolute Gasteiger partial charge is 0.333 e. The zero-order chi connectivity index (χ0) is 18.4. The lowest BCUT2D eigenvalue weighted by Gasteiger charge is -2.16. The predicted molar refractivity (Wildman–Crippen MR) is 99.3 cm³/mol. The van der Waals surface area contributed by atoms with Crippen LogP contribution in [0.25, 0.3) is 10.9 Å². The Balaban J connectivity index is 1.74. The quantitative estimate of drug-likeness (QED) is 0.668. The molecule has 3 aromatic rings. The maximum atomic E-state index is 11.3. The van der Waals surface area contributed by atoms with Crippen molar-refractivity contribution in [3.05, 3.63) is 71.9 Å². The summed E-state index contributed by atoms with van der Waals surface area (Å²) < 4.78 is 11.3. The van der Waals surface area contributed by atoms with E-state index < -0.39 is 12.1 Å². The molecule has 26 heavy (non-hydrogen) atoms. The summed E-state index contributed by atoms with van der Waals surface area (Å²) in [6.45, 7) is 2.52. The van der Waals surface area contributed by atoms with E-state index in [1.54, 1.807) is 13.1 Å². The molecule has 0 saturated heterocycles. The molecule has 0 aliphatic carbocycles. The number of benzene rings is 2. The zero-order valence-electron chi connectivity index (χ0n) is 14.6. The number of nitrogens with zero attached hydrogens (tertiary/aromatic N) is 1. The molecule has 134 valence electrons. The highest BCUT2D eigenvalue weighted by molar-refractivity contribution is 5.78. The summed E-state index contributed by atoms with van der Waals surface area (Å²) in [5.74, 6) is -0.304. The van der Waals surface area contributed by atoms with Gasteiger partial charge in [0, 0.05) is 24.6 Å². The molecule has 1 N–H and O–H groups in total. The second-order valence-corrected chi connectivity index (χ2v) is 5.91.